The van der Waals surface area contributed by atoms with Crippen LogP contribution in [0.2, 0.25) is 0 Å². The van der Waals surface area contributed by atoms with Crippen molar-refractivity contribution in [3.8, 4) is 11.5 Å². The summed E-state index contributed by atoms with van der Waals surface area (Å²) in [5.74, 6) is 1.14. The molecule has 1 atom stereocenters. The van der Waals surface area contributed by atoms with E-state index >= 15 is 0 Å². The molecule has 2 aromatic carbocycles. The summed E-state index contributed by atoms with van der Waals surface area (Å²) in [5, 5.41) is 0. The number of carbonyl (C=O) groups excluding carboxylic acids is 1. The summed E-state index contributed by atoms with van der Waals surface area (Å²) >= 11 is 0. The number of carbonyl (C=O) groups is 1. The predicted molar refractivity (Wildman–Crippen MR) is 92.2 cm³/mol. The Hall–Kier alpha value is -2.53. The van der Waals surface area contributed by atoms with E-state index in [1.807, 2.05) is 49.4 Å². The average molecular weight is 329 g/mol. The van der Waals surface area contributed by atoms with E-state index in [-0.39, 0.29) is 0 Å². The van der Waals surface area contributed by atoms with Gasteiger partial charge in [0.05, 0.1) is 14.2 Å². The third-order valence-corrected chi connectivity index (χ3v) is 3.78. The van der Waals surface area contributed by atoms with Gasteiger partial charge in [0, 0.05) is 5.56 Å². The lowest BCUT2D eigenvalue weighted by Gasteiger charge is -2.14. The molecule has 0 bridgehead atoms. The number of ether oxygens (including phenoxy) is 3. The number of methoxy groups -OCH3 is 2. The minimum absolute atomic E-state index is 0.370. The van der Waals surface area contributed by atoms with Gasteiger partial charge in [-0.25, -0.2) is 0 Å². The zero-order valence-corrected chi connectivity index (χ0v) is 14.2. The number of esters is 1. The van der Waals surface area contributed by atoms with Crippen molar-refractivity contribution in [2.75, 3.05) is 14.2 Å². The second kappa shape index (κ2) is 8.36. The lowest BCUT2D eigenvalue weighted by molar-refractivity contribution is -0.142. The maximum atomic E-state index is 11.5. The van der Waals surface area contributed by atoms with Gasteiger partial charge in [-0.05, 0) is 42.7 Å². The molecule has 0 heterocycles. The van der Waals surface area contributed by atoms with Crippen molar-refractivity contribution in [3.63, 3.8) is 0 Å². The molecule has 2 aromatic rings. The van der Waals surface area contributed by atoms with Crippen LogP contribution in [0, 0.1) is 6.92 Å². The zero-order valence-electron chi connectivity index (χ0n) is 14.2. The zero-order chi connectivity index (χ0) is 17.5. The lowest BCUT2D eigenvalue weighted by atomic mass is 10.0. The van der Waals surface area contributed by atoms with Crippen LogP contribution in [0.3, 0.4) is 0 Å². The van der Waals surface area contributed by atoms with Crippen LogP contribution in [0.25, 0.3) is 0 Å². The van der Waals surface area contributed by atoms with E-state index in [1.54, 1.807) is 7.11 Å². The van der Waals surface area contributed by atoms with Crippen LogP contribution < -0.4 is 15.2 Å². The lowest BCUT2D eigenvalue weighted by Crippen LogP contribution is -2.33. The number of rotatable bonds is 7. The third kappa shape index (κ3) is 4.49. The van der Waals surface area contributed by atoms with Gasteiger partial charge in [0.2, 0.25) is 0 Å². The molecule has 0 aliphatic heterocycles. The monoisotopic (exact) mass is 329 g/mol. The SMILES string of the molecule is COC(=O)C(N)Cc1ccc(OC)c(COc2ccccc2C)c1. The van der Waals surface area contributed by atoms with Gasteiger partial charge in [-0.15, -0.1) is 0 Å². The van der Waals surface area contributed by atoms with Crippen molar-refractivity contribution < 1.29 is 19.0 Å². The molecule has 2 N–H and O–H groups in total. The quantitative estimate of drug-likeness (QED) is 0.791. The van der Waals surface area contributed by atoms with Gasteiger partial charge >= 0.3 is 5.97 Å². The molecule has 0 fully saturated rings. The molecule has 24 heavy (non-hydrogen) atoms. The van der Waals surface area contributed by atoms with Crippen molar-refractivity contribution >= 4 is 5.97 Å². The standard InChI is InChI=1S/C19H23NO4/c1-13-6-4-5-7-17(13)24-12-15-10-14(8-9-18(15)22-2)11-16(20)19(21)23-3/h4-10,16H,11-12,20H2,1-3H3. The van der Waals surface area contributed by atoms with Crippen LogP contribution in [0.15, 0.2) is 42.5 Å². The van der Waals surface area contributed by atoms with Gasteiger partial charge in [0.15, 0.2) is 0 Å². The molecule has 0 radical (unpaired) electrons. The Morgan fingerprint density at radius 1 is 1.12 bits per heavy atom. The van der Waals surface area contributed by atoms with Crippen LogP contribution in [-0.2, 0) is 22.6 Å². The molecule has 5 nitrogen and oxygen atoms in total. The number of nitrogens with two attached hydrogens (primary N) is 1. The molecule has 0 saturated carbocycles. The minimum atomic E-state index is -0.687. The summed E-state index contributed by atoms with van der Waals surface area (Å²) < 4.78 is 15.9. The van der Waals surface area contributed by atoms with E-state index in [2.05, 4.69) is 4.74 Å². The van der Waals surface area contributed by atoms with E-state index in [0.29, 0.717) is 13.0 Å². The van der Waals surface area contributed by atoms with Gasteiger partial charge in [0.25, 0.3) is 0 Å². The highest BCUT2D eigenvalue weighted by molar-refractivity contribution is 5.75. The summed E-state index contributed by atoms with van der Waals surface area (Å²) in [6, 6.07) is 12.8. The number of benzene rings is 2. The van der Waals surface area contributed by atoms with Crippen molar-refractivity contribution in [3.05, 3.63) is 59.2 Å². The highest BCUT2D eigenvalue weighted by Crippen LogP contribution is 2.24. The van der Waals surface area contributed by atoms with Crippen molar-refractivity contribution in [2.45, 2.75) is 26.0 Å². The Labute approximate surface area is 142 Å². The fraction of sp³-hybridized carbons (Fsp3) is 0.316. The number of para-hydroxylation sites is 1. The molecule has 0 spiro atoms. The molecule has 5 heteroatoms. The van der Waals surface area contributed by atoms with Gasteiger partial charge in [-0.3, -0.25) is 4.79 Å². The molecular weight excluding hydrogens is 306 g/mol. The van der Waals surface area contributed by atoms with Gasteiger partial charge < -0.3 is 19.9 Å². The first kappa shape index (κ1) is 17.8. The summed E-state index contributed by atoms with van der Waals surface area (Å²) in [6.45, 7) is 2.37. The molecule has 1 unspecified atom stereocenters. The molecule has 0 saturated heterocycles. The Kier molecular flexibility index (Phi) is 6.21. The molecular formula is C19H23NO4. The van der Waals surface area contributed by atoms with Gasteiger partial charge in [0.1, 0.15) is 24.1 Å². The highest BCUT2D eigenvalue weighted by atomic mass is 16.5. The smallest absolute Gasteiger partial charge is 0.322 e. The van der Waals surface area contributed by atoms with Crippen molar-refractivity contribution in [1.29, 1.82) is 0 Å². The Balaban J connectivity index is 2.14. The molecule has 2 rings (SSSR count). The number of hydrogen-bond acceptors (Lipinski definition) is 5. The van der Waals surface area contributed by atoms with Crippen molar-refractivity contribution in [1.82, 2.24) is 0 Å². The summed E-state index contributed by atoms with van der Waals surface area (Å²) in [7, 11) is 2.95. The van der Waals surface area contributed by atoms with E-state index < -0.39 is 12.0 Å². The fourth-order valence-electron chi connectivity index (χ4n) is 2.43. The first-order valence-corrected chi connectivity index (χ1v) is 7.72. The van der Waals surface area contributed by atoms with Crippen LogP contribution >= 0.6 is 0 Å². The van der Waals surface area contributed by atoms with Crippen LogP contribution in [0.5, 0.6) is 11.5 Å². The number of aryl methyl sites for hydroxylation is 1. The van der Waals surface area contributed by atoms with Crippen LogP contribution in [-0.4, -0.2) is 26.2 Å². The molecule has 0 aliphatic rings. The van der Waals surface area contributed by atoms with Gasteiger partial charge in [-0.1, -0.05) is 24.3 Å². The molecule has 128 valence electrons. The second-order valence-electron chi connectivity index (χ2n) is 5.53. The number of hydrogen-bond donors (Lipinski definition) is 1. The maximum Gasteiger partial charge on any atom is 0.322 e. The topological polar surface area (TPSA) is 70.8 Å². The van der Waals surface area contributed by atoms with Crippen LogP contribution in [0.1, 0.15) is 16.7 Å². The molecule has 0 aliphatic carbocycles. The van der Waals surface area contributed by atoms with Crippen LogP contribution in [0.4, 0.5) is 0 Å². The molecule has 0 aromatic heterocycles. The van der Waals surface area contributed by atoms with Gasteiger partial charge in [-0.2, -0.15) is 0 Å². The Morgan fingerprint density at radius 3 is 2.54 bits per heavy atom. The minimum Gasteiger partial charge on any atom is -0.496 e. The van der Waals surface area contributed by atoms with E-state index in [1.165, 1.54) is 7.11 Å². The summed E-state index contributed by atoms with van der Waals surface area (Å²) in [4.78, 5) is 11.5. The Morgan fingerprint density at radius 2 is 1.88 bits per heavy atom. The first-order valence-electron chi connectivity index (χ1n) is 7.72. The first-order chi connectivity index (χ1) is 11.5. The van der Waals surface area contributed by atoms with E-state index in [0.717, 1.165) is 28.2 Å². The maximum absolute atomic E-state index is 11.5. The predicted octanol–water partition coefficient (Wildman–Crippen LogP) is 2.63. The normalized spacial score (nSPS) is 11.7. The van der Waals surface area contributed by atoms with Crippen molar-refractivity contribution in [2.24, 2.45) is 5.73 Å². The summed E-state index contributed by atoms with van der Waals surface area (Å²) in [6.07, 6.45) is 0.397. The molecule has 0 amide bonds. The van der Waals surface area contributed by atoms with E-state index in [9.17, 15) is 4.79 Å². The fourth-order valence-corrected chi connectivity index (χ4v) is 2.43. The largest absolute Gasteiger partial charge is 0.496 e. The summed E-state index contributed by atoms with van der Waals surface area (Å²) in [5.41, 5.74) is 8.72. The Bertz CT molecular complexity index is 700. The third-order valence-electron chi connectivity index (χ3n) is 3.78. The second-order valence-corrected chi connectivity index (χ2v) is 5.53. The highest BCUT2D eigenvalue weighted by Gasteiger charge is 2.15. The average Bonchev–Trinajstić information content (AvgIpc) is 2.60. The van der Waals surface area contributed by atoms with E-state index in [4.69, 9.17) is 15.2 Å².